The molecule has 0 saturated heterocycles. The lowest BCUT2D eigenvalue weighted by Gasteiger charge is -2.39. The van der Waals surface area contributed by atoms with Gasteiger partial charge >= 0.3 is 0 Å². The minimum Gasteiger partial charge on any atom is -0.457 e. The zero-order chi connectivity index (χ0) is 36.1. The van der Waals surface area contributed by atoms with Gasteiger partial charge in [-0.3, -0.25) is 4.57 Å². The predicted octanol–water partition coefficient (Wildman–Crippen LogP) is 13.1. The van der Waals surface area contributed by atoms with Gasteiger partial charge < -0.3 is 4.74 Å². The highest BCUT2D eigenvalue weighted by atomic mass is 16.5. The van der Waals surface area contributed by atoms with Crippen LogP contribution in [0.2, 0.25) is 0 Å². The Hall–Kier alpha value is -7.23. The van der Waals surface area contributed by atoms with Gasteiger partial charge in [-0.15, -0.1) is 0 Å². The monoisotopic (exact) mass is 700 g/mol. The fourth-order valence-electron chi connectivity index (χ4n) is 9.57. The predicted molar refractivity (Wildman–Crippen MR) is 224 cm³/mol. The molecule has 0 radical (unpaired) electrons. The summed E-state index contributed by atoms with van der Waals surface area (Å²) in [5.41, 5.74) is 13.3. The number of para-hydroxylation sites is 1. The molecule has 1 aliphatic carbocycles. The molecule has 1 spiro atoms. The van der Waals surface area contributed by atoms with Crippen LogP contribution in [-0.2, 0) is 5.41 Å². The van der Waals surface area contributed by atoms with Crippen molar-refractivity contribution in [3.63, 3.8) is 0 Å². The van der Waals surface area contributed by atoms with E-state index in [0.29, 0.717) is 0 Å². The van der Waals surface area contributed by atoms with E-state index in [1.54, 1.807) is 0 Å². The first-order valence-electron chi connectivity index (χ1n) is 18.9. The van der Waals surface area contributed by atoms with E-state index in [1.165, 1.54) is 43.8 Å². The summed E-state index contributed by atoms with van der Waals surface area (Å²) in [7, 11) is 0. The molecule has 3 heteroatoms. The van der Waals surface area contributed by atoms with Gasteiger partial charge in [0.2, 0.25) is 0 Å². The van der Waals surface area contributed by atoms with Gasteiger partial charge in [0.25, 0.3) is 0 Å². The summed E-state index contributed by atoms with van der Waals surface area (Å²) in [6, 6.07) is 69.9. The van der Waals surface area contributed by atoms with Crippen molar-refractivity contribution in [1.29, 1.82) is 0 Å². The fraction of sp³-hybridized carbons (Fsp3) is 0.0192. The highest BCUT2D eigenvalue weighted by Gasteiger charge is 2.51. The third-order valence-electron chi connectivity index (χ3n) is 11.8. The third-order valence-corrected chi connectivity index (χ3v) is 11.8. The Bertz CT molecular complexity index is 3070. The molecule has 3 nitrogen and oxygen atoms in total. The lowest BCUT2D eigenvalue weighted by molar-refractivity contribution is 0.437. The van der Waals surface area contributed by atoms with E-state index < -0.39 is 5.41 Å². The Labute approximate surface area is 318 Å². The summed E-state index contributed by atoms with van der Waals surface area (Å²) in [5.74, 6) is 2.59. The fourth-order valence-corrected chi connectivity index (χ4v) is 9.57. The first-order chi connectivity index (χ1) is 27.3. The quantitative estimate of drug-likeness (QED) is 0.183. The lowest BCUT2D eigenvalue weighted by atomic mass is 9.66. The van der Waals surface area contributed by atoms with Crippen LogP contribution in [-0.4, -0.2) is 9.55 Å². The second kappa shape index (κ2) is 11.4. The van der Waals surface area contributed by atoms with Crippen molar-refractivity contribution in [2.45, 2.75) is 5.41 Å². The summed E-state index contributed by atoms with van der Waals surface area (Å²) in [6.07, 6.45) is 0. The van der Waals surface area contributed by atoms with E-state index >= 15 is 0 Å². The van der Waals surface area contributed by atoms with Crippen molar-refractivity contribution in [1.82, 2.24) is 9.55 Å². The number of hydrogen-bond donors (Lipinski definition) is 0. The van der Waals surface area contributed by atoms with Gasteiger partial charge in [0.1, 0.15) is 17.3 Å². The molecule has 256 valence electrons. The van der Waals surface area contributed by atoms with Crippen molar-refractivity contribution in [3.05, 3.63) is 216 Å². The molecule has 0 saturated carbocycles. The normalized spacial score (nSPS) is 13.4. The number of aromatic nitrogens is 2. The van der Waals surface area contributed by atoms with Gasteiger partial charge in [-0.05, 0) is 74.5 Å². The molecule has 2 aromatic heterocycles. The van der Waals surface area contributed by atoms with Crippen molar-refractivity contribution in [2.75, 3.05) is 0 Å². The van der Waals surface area contributed by atoms with Crippen molar-refractivity contribution < 1.29 is 4.74 Å². The van der Waals surface area contributed by atoms with Crippen LogP contribution in [0.15, 0.2) is 194 Å². The van der Waals surface area contributed by atoms with E-state index in [2.05, 4.69) is 199 Å². The number of pyridine rings is 1. The summed E-state index contributed by atoms with van der Waals surface area (Å²) in [4.78, 5) is 5.45. The minimum atomic E-state index is -0.559. The molecule has 12 rings (SSSR count). The number of nitrogens with zero attached hydrogens (tertiary/aromatic N) is 2. The maximum atomic E-state index is 7.03. The van der Waals surface area contributed by atoms with Crippen LogP contribution in [0.1, 0.15) is 22.3 Å². The van der Waals surface area contributed by atoms with Crippen LogP contribution in [0.3, 0.4) is 0 Å². The summed E-state index contributed by atoms with van der Waals surface area (Å²) >= 11 is 0. The largest absolute Gasteiger partial charge is 0.457 e. The Morgan fingerprint density at radius 3 is 1.82 bits per heavy atom. The van der Waals surface area contributed by atoms with Gasteiger partial charge in [0.15, 0.2) is 0 Å². The molecule has 10 aromatic rings. The number of fused-ring (bicyclic) bond motifs is 14. The summed E-state index contributed by atoms with van der Waals surface area (Å²) in [6.45, 7) is 0. The van der Waals surface area contributed by atoms with Crippen LogP contribution in [0.4, 0.5) is 0 Å². The van der Waals surface area contributed by atoms with E-state index in [-0.39, 0.29) is 0 Å². The molecule has 8 aromatic carbocycles. The van der Waals surface area contributed by atoms with Crippen molar-refractivity contribution >= 4 is 32.6 Å². The van der Waals surface area contributed by atoms with Gasteiger partial charge in [-0.1, -0.05) is 158 Å². The first-order valence-corrected chi connectivity index (χ1v) is 18.9. The zero-order valence-corrected chi connectivity index (χ0v) is 29.8. The van der Waals surface area contributed by atoms with E-state index in [0.717, 1.165) is 61.9 Å². The number of ether oxygens (including phenoxy) is 1. The van der Waals surface area contributed by atoms with Gasteiger partial charge in [-0.25, -0.2) is 4.98 Å². The summed E-state index contributed by atoms with van der Waals surface area (Å²) < 4.78 is 9.38. The highest BCUT2D eigenvalue weighted by Crippen LogP contribution is 2.62. The van der Waals surface area contributed by atoms with Crippen LogP contribution in [0.25, 0.3) is 71.9 Å². The molecule has 2 aliphatic rings. The van der Waals surface area contributed by atoms with Crippen LogP contribution >= 0.6 is 0 Å². The molecule has 0 fully saturated rings. The van der Waals surface area contributed by atoms with Crippen molar-refractivity contribution in [3.8, 4) is 50.8 Å². The average molecular weight is 701 g/mol. The van der Waals surface area contributed by atoms with Gasteiger partial charge in [0.05, 0.1) is 22.1 Å². The lowest BCUT2D eigenvalue weighted by Crippen LogP contribution is -2.32. The maximum absolute atomic E-state index is 7.03. The Kier molecular flexibility index (Phi) is 6.26. The van der Waals surface area contributed by atoms with Crippen LogP contribution in [0.5, 0.6) is 11.5 Å². The zero-order valence-electron chi connectivity index (χ0n) is 29.8. The molecule has 0 N–H and O–H groups in total. The smallest absolute Gasteiger partial charge is 0.138 e. The maximum Gasteiger partial charge on any atom is 0.138 e. The molecular weight excluding hydrogens is 669 g/mol. The molecular formula is C52H32N2O. The molecule has 0 amide bonds. The molecule has 0 atom stereocenters. The Balaban J connectivity index is 1.23. The molecule has 1 aliphatic heterocycles. The van der Waals surface area contributed by atoms with E-state index in [9.17, 15) is 0 Å². The van der Waals surface area contributed by atoms with Crippen LogP contribution < -0.4 is 4.74 Å². The van der Waals surface area contributed by atoms with Crippen LogP contribution in [0, 0.1) is 0 Å². The standard InChI is InChI=1S/C52H32N2O/c1-3-15-33(16-4-1)36-29-45(35-18-5-2-6-19-35)53-50(30-36)54-46-28-27-34-17-7-8-20-37(34)51(46)40-31-44-49(32-47(40)54)55-48-26-14-13-25-43(48)52(44)41-23-11-9-21-38(41)39-22-10-12-24-42(39)52/h1-32H. The molecule has 0 bridgehead atoms. The molecule has 55 heavy (non-hydrogen) atoms. The second-order valence-electron chi connectivity index (χ2n) is 14.7. The Morgan fingerprint density at radius 2 is 1.05 bits per heavy atom. The van der Waals surface area contributed by atoms with E-state index in [1.807, 2.05) is 0 Å². The van der Waals surface area contributed by atoms with Gasteiger partial charge in [0, 0.05) is 33.5 Å². The SMILES string of the molecule is c1ccc(-c2cc(-c3ccccc3)nc(-n3c4cc5c(cc4c4c6ccccc6ccc43)C3(c4ccccc4O5)c4ccccc4-c4ccccc43)c2)cc1. The number of rotatable bonds is 3. The second-order valence-corrected chi connectivity index (χ2v) is 14.7. The summed E-state index contributed by atoms with van der Waals surface area (Å²) in [5, 5.41) is 4.79. The first kappa shape index (κ1) is 30.3. The van der Waals surface area contributed by atoms with E-state index in [4.69, 9.17) is 9.72 Å². The number of benzene rings is 8. The topological polar surface area (TPSA) is 27.1 Å². The third kappa shape index (κ3) is 4.18. The number of hydrogen-bond acceptors (Lipinski definition) is 2. The Morgan fingerprint density at radius 1 is 0.418 bits per heavy atom. The molecule has 0 unspecified atom stereocenters. The highest BCUT2D eigenvalue weighted by molar-refractivity contribution is 6.22. The average Bonchev–Trinajstić information content (AvgIpc) is 3.74. The van der Waals surface area contributed by atoms with Crippen molar-refractivity contribution in [2.24, 2.45) is 0 Å². The molecule has 3 heterocycles. The van der Waals surface area contributed by atoms with Gasteiger partial charge in [-0.2, -0.15) is 0 Å². The minimum absolute atomic E-state index is 0.559.